The predicted molar refractivity (Wildman–Crippen MR) is 58.9 cm³/mol. The van der Waals surface area contributed by atoms with Gasteiger partial charge in [0.15, 0.2) is 0 Å². The first-order chi connectivity index (χ1) is 6.29. The zero-order chi connectivity index (χ0) is 9.00. The highest BCUT2D eigenvalue weighted by molar-refractivity contribution is 7.99. The maximum atomic E-state index is 2.33. The van der Waals surface area contributed by atoms with Crippen LogP contribution in [0.4, 0.5) is 0 Å². The van der Waals surface area contributed by atoms with Crippen LogP contribution in [0.2, 0.25) is 0 Å². The molecule has 3 fully saturated rings. The highest BCUT2D eigenvalue weighted by Crippen LogP contribution is 2.60. The summed E-state index contributed by atoms with van der Waals surface area (Å²) in [7, 11) is 0. The molecule has 0 amide bonds. The Labute approximate surface area is 85.2 Å². The van der Waals surface area contributed by atoms with Crippen molar-refractivity contribution >= 4 is 11.8 Å². The number of thioether (sulfide) groups is 1. The second kappa shape index (κ2) is 2.79. The van der Waals surface area contributed by atoms with E-state index in [1.54, 1.807) is 5.57 Å². The van der Waals surface area contributed by atoms with Crippen molar-refractivity contribution in [3.63, 3.8) is 0 Å². The SMILES string of the molecule is CC(C)=C1C2CCC1C1CSCC21. The molecule has 13 heavy (non-hydrogen) atoms. The van der Waals surface area contributed by atoms with E-state index in [1.807, 2.05) is 5.57 Å². The van der Waals surface area contributed by atoms with Gasteiger partial charge in [-0.3, -0.25) is 0 Å². The van der Waals surface area contributed by atoms with Gasteiger partial charge in [0.2, 0.25) is 0 Å². The lowest BCUT2D eigenvalue weighted by molar-refractivity contribution is 0.281. The van der Waals surface area contributed by atoms with Crippen LogP contribution in [0.3, 0.4) is 0 Å². The Balaban J connectivity index is 2.01. The van der Waals surface area contributed by atoms with Gasteiger partial charge in [0.1, 0.15) is 0 Å². The minimum absolute atomic E-state index is 1.01. The zero-order valence-corrected chi connectivity index (χ0v) is 9.36. The van der Waals surface area contributed by atoms with Crippen molar-refractivity contribution in [3.8, 4) is 0 Å². The lowest BCUT2D eigenvalue weighted by atomic mass is 9.82. The molecule has 4 atom stereocenters. The first kappa shape index (κ1) is 8.40. The van der Waals surface area contributed by atoms with Crippen molar-refractivity contribution in [2.75, 3.05) is 11.5 Å². The van der Waals surface area contributed by atoms with Crippen LogP contribution in [-0.2, 0) is 0 Å². The second-order valence-corrected chi connectivity index (χ2v) is 6.19. The van der Waals surface area contributed by atoms with Crippen LogP contribution in [-0.4, -0.2) is 11.5 Å². The lowest BCUT2D eigenvalue weighted by Crippen LogP contribution is -2.19. The number of allylic oxidation sites excluding steroid dienone is 2. The Morgan fingerprint density at radius 1 is 1.08 bits per heavy atom. The molecule has 3 rings (SSSR count). The Morgan fingerprint density at radius 2 is 1.62 bits per heavy atom. The molecule has 72 valence electrons. The predicted octanol–water partition coefficient (Wildman–Crippen LogP) is 3.34. The Bertz CT molecular complexity index is 242. The highest BCUT2D eigenvalue weighted by Gasteiger charge is 2.52. The van der Waals surface area contributed by atoms with E-state index in [2.05, 4.69) is 25.6 Å². The summed E-state index contributed by atoms with van der Waals surface area (Å²) in [4.78, 5) is 0. The van der Waals surface area contributed by atoms with E-state index >= 15 is 0 Å². The van der Waals surface area contributed by atoms with E-state index in [0.717, 1.165) is 23.7 Å². The van der Waals surface area contributed by atoms with Crippen LogP contribution >= 0.6 is 11.8 Å². The number of fused-ring (bicyclic) bond motifs is 5. The van der Waals surface area contributed by atoms with Crippen molar-refractivity contribution in [2.24, 2.45) is 23.7 Å². The van der Waals surface area contributed by atoms with E-state index in [0.29, 0.717) is 0 Å². The molecule has 2 saturated carbocycles. The smallest absolute Gasteiger partial charge is 0.00301 e. The van der Waals surface area contributed by atoms with Crippen LogP contribution in [0.25, 0.3) is 0 Å². The van der Waals surface area contributed by atoms with Crippen molar-refractivity contribution in [1.29, 1.82) is 0 Å². The number of hydrogen-bond donors (Lipinski definition) is 0. The molecule has 0 aromatic carbocycles. The number of rotatable bonds is 0. The fourth-order valence-corrected chi connectivity index (χ4v) is 5.63. The van der Waals surface area contributed by atoms with Crippen LogP contribution in [0, 0.1) is 23.7 Å². The average molecular weight is 194 g/mol. The molecular weight excluding hydrogens is 176 g/mol. The first-order valence-electron chi connectivity index (χ1n) is 5.54. The summed E-state index contributed by atoms with van der Waals surface area (Å²) in [5.41, 5.74) is 3.53. The Kier molecular flexibility index (Phi) is 1.80. The third kappa shape index (κ3) is 1.000. The highest BCUT2D eigenvalue weighted by atomic mass is 32.2. The maximum absolute atomic E-state index is 2.33. The second-order valence-electron chi connectivity index (χ2n) is 5.11. The fraction of sp³-hybridized carbons (Fsp3) is 0.833. The largest absolute Gasteiger partial charge is 0.161 e. The molecule has 2 bridgehead atoms. The first-order valence-corrected chi connectivity index (χ1v) is 6.69. The van der Waals surface area contributed by atoms with Gasteiger partial charge in [-0.1, -0.05) is 11.1 Å². The third-order valence-corrected chi connectivity index (χ3v) is 5.61. The molecule has 1 heteroatoms. The molecule has 0 aromatic rings. The summed E-state index contributed by atoms with van der Waals surface area (Å²) in [5, 5.41) is 0. The molecule has 0 aromatic heterocycles. The van der Waals surface area contributed by atoms with E-state index < -0.39 is 0 Å². The number of hydrogen-bond acceptors (Lipinski definition) is 1. The maximum Gasteiger partial charge on any atom is -0.00301 e. The third-order valence-electron chi connectivity index (χ3n) is 4.37. The van der Waals surface area contributed by atoms with Crippen LogP contribution in [0.5, 0.6) is 0 Å². The fourth-order valence-electron chi connectivity index (χ4n) is 3.99. The topological polar surface area (TPSA) is 0 Å². The Hall–Kier alpha value is 0.0900. The van der Waals surface area contributed by atoms with Gasteiger partial charge in [-0.25, -0.2) is 0 Å². The van der Waals surface area contributed by atoms with Crippen molar-refractivity contribution < 1.29 is 0 Å². The molecule has 1 heterocycles. The molecule has 2 aliphatic carbocycles. The summed E-state index contributed by atoms with van der Waals surface area (Å²) < 4.78 is 0. The van der Waals surface area contributed by atoms with Crippen LogP contribution in [0.1, 0.15) is 26.7 Å². The van der Waals surface area contributed by atoms with E-state index in [4.69, 9.17) is 0 Å². The molecular formula is C12H18S. The molecule has 1 saturated heterocycles. The molecule has 4 unspecified atom stereocenters. The molecule has 0 spiro atoms. The average Bonchev–Trinajstić information content (AvgIpc) is 2.75. The van der Waals surface area contributed by atoms with Crippen molar-refractivity contribution in [2.45, 2.75) is 26.7 Å². The van der Waals surface area contributed by atoms with Gasteiger partial charge in [-0.05, 0) is 61.9 Å². The lowest BCUT2D eigenvalue weighted by Gasteiger charge is -2.22. The molecule has 0 N–H and O–H groups in total. The van der Waals surface area contributed by atoms with Gasteiger partial charge in [0.05, 0.1) is 0 Å². The summed E-state index contributed by atoms with van der Waals surface area (Å²) in [6.45, 7) is 4.66. The molecule has 0 radical (unpaired) electrons. The Morgan fingerprint density at radius 3 is 2.08 bits per heavy atom. The molecule has 0 nitrogen and oxygen atoms in total. The van der Waals surface area contributed by atoms with E-state index in [9.17, 15) is 0 Å². The van der Waals surface area contributed by atoms with Gasteiger partial charge in [0, 0.05) is 0 Å². The summed E-state index contributed by atoms with van der Waals surface area (Å²) >= 11 is 2.20. The normalized spacial score (nSPS) is 47.1. The summed E-state index contributed by atoms with van der Waals surface area (Å²) in [6, 6.07) is 0. The van der Waals surface area contributed by atoms with Crippen LogP contribution in [0.15, 0.2) is 11.1 Å². The van der Waals surface area contributed by atoms with E-state index in [1.165, 1.54) is 24.3 Å². The van der Waals surface area contributed by atoms with Gasteiger partial charge in [-0.15, -0.1) is 0 Å². The zero-order valence-electron chi connectivity index (χ0n) is 8.55. The van der Waals surface area contributed by atoms with E-state index in [-0.39, 0.29) is 0 Å². The van der Waals surface area contributed by atoms with Gasteiger partial charge < -0.3 is 0 Å². The van der Waals surface area contributed by atoms with Gasteiger partial charge >= 0.3 is 0 Å². The minimum Gasteiger partial charge on any atom is -0.161 e. The molecule has 1 aliphatic heterocycles. The van der Waals surface area contributed by atoms with Crippen molar-refractivity contribution in [1.82, 2.24) is 0 Å². The monoisotopic (exact) mass is 194 g/mol. The minimum atomic E-state index is 1.01. The summed E-state index contributed by atoms with van der Waals surface area (Å²) in [6.07, 6.45) is 3.01. The summed E-state index contributed by atoms with van der Waals surface area (Å²) in [5.74, 6) is 7.10. The quantitative estimate of drug-likeness (QED) is 0.533. The van der Waals surface area contributed by atoms with Gasteiger partial charge in [-0.2, -0.15) is 11.8 Å². The van der Waals surface area contributed by atoms with Crippen LogP contribution < -0.4 is 0 Å². The molecule has 3 aliphatic rings. The standard InChI is InChI=1S/C12H18S/c1-7(2)12-8-3-4-9(12)11-6-13-5-10(8)11/h8-11H,3-6H2,1-2H3. The van der Waals surface area contributed by atoms with Crippen molar-refractivity contribution in [3.05, 3.63) is 11.1 Å². The van der Waals surface area contributed by atoms with Gasteiger partial charge in [0.25, 0.3) is 0 Å².